The molecular weight excluding hydrogens is 252 g/mol. The number of halogens is 2. The summed E-state index contributed by atoms with van der Waals surface area (Å²) in [5.41, 5.74) is 0.0133. The highest BCUT2D eigenvalue weighted by atomic mass is 19.1. The third-order valence-corrected chi connectivity index (χ3v) is 3.01. The van der Waals surface area contributed by atoms with Crippen LogP contribution in [0.1, 0.15) is 6.42 Å². The molecule has 4 nitrogen and oxygen atoms in total. The van der Waals surface area contributed by atoms with Crippen molar-refractivity contribution in [3.63, 3.8) is 0 Å². The van der Waals surface area contributed by atoms with Gasteiger partial charge in [0.15, 0.2) is 0 Å². The quantitative estimate of drug-likeness (QED) is 0.866. The number of hydrogen-bond acceptors (Lipinski definition) is 3. The third-order valence-electron chi connectivity index (χ3n) is 3.01. The van der Waals surface area contributed by atoms with Gasteiger partial charge in [-0.25, -0.2) is 8.78 Å². The number of benzene rings is 1. The molecule has 2 rings (SSSR count). The van der Waals surface area contributed by atoms with E-state index < -0.39 is 11.6 Å². The number of carbonyl (C=O) groups is 1. The predicted octanol–water partition coefficient (Wildman–Crippen LogP) is 1.20. The van der Waals surface area contributed by atoms with Crippen LogP contribution in [0.4, 0.5) is 14.5 Å². The van der Waals surface area contributed by atoms with Crippen molar-refractivity contribution >= 4 is 11.6 Å². The topological polar surface area (TPSA) is 44.4 Å². The van der Waals surface area contributed by atoms with Crippen LogP contribution in [0.3, 0.4) is 0 Å². The van der Waals surface area contributed by atoms with Gasteiger partial charge in [0, 0.05) is 19.2 Å². The van der Waals surface area contributed by atoms with Crippen LogP contribution in [0.25, 0.3) is 0 Å². The highest BCUT2D eigenvalue weighted by Crippen LogP contribution is 2.14. The van der Waals surface area contributed by atoms with Gasteiger partial charge in [-0.1, -0.05) is 0 Å². The Morgan fingerprint density at radius 1 is 1.32 bits per heavy atom. The number of anilines is 1. The van der Waals surface area contributed by atoms with Crippen molar-refractivity contribution in [2.24, 2.45) is 0 Å². The van der Waals surface area contributed by atoms with Crippen LogP contribution >= 0.6 is 0 Å². The zero-order chi connectivity index (χ0) is 13.7. The monoisotopic (exact) mass is 269 g/mol. The van der Waals surface area contributed by atoms with Crippen LogP contribution in [0, 0.1) is 11.6 Å². The Labute approximate surface area is 110 Å². The maximum atomic E-state index is 13.4. The lowest BCUT2D eigenvalue weighted by molar-refractivity contribution is -0.117. The zero-order valence-corrected chi connectivity index (χ0v) is 10.6. The number of nitrogens with one attached hydrogen (secondary N) is 2. The van der Waals surface area contributed by atoms with Gasteiger partial charge >= 0.3 is 0 Å². The van der Waals surface area contributed by atoms with Crippen LogP contribution in [-0.4, -0.2) is 43.5 Å². The Morgan fingerprint density at radius 3 is 2.95 bits per heavy atom. The van der Waals surface area contributed by atoms with Crippen molar-refractivity contribution in [2.45, 2.75) is 6.42 Å². The Bertz CT molecular complexity index is 446. The summed E-state index contributed by atoms with van der Waals surface area (Å²) in [7, 11) is 0. The molecule has 1 aromatic carbocycles. The SMILES string of the molecule is O=C(CN1CCCNCC1)Nc1ccc(F)cc1F. The molecule has 1 amide bonds. The first-order valence-corrected chi connectivity index (χ1v) is 6.33. The minimum atomic E-state index is -0.758. The van der Waals surface area contributed by atoms with Crippen LogP contribution < -0.4 is 10.6 Å². The van der Waals surface area contributed by atoms with Crippen molar-refractivity contribution < 1.29 is 13.6 Å². The molecule has 19 heavy (non-hydrogen) atoms. The molecule has 0 saturated carbocycles. The average Bonchev–Trinajstić information content (AvgIpc) is 2.61. The second kappa shape index (κ2) is 6.58. The van der Waals surface area contributed by atoms with E-state index in [0.29, 0.717) is 0 Å². The maximum absolute atomic E-state index is 13.4. The van der Waals surface area contributed by atoms with E-state index in [1.807, 2.05) is 4.90 Å². The summed E-state index contributed by atoms with van der Waals surface area (Å²) in [5.74, 6) is -1.70. The molecule has 1 fully saturated rings. The van der Waals surface area contributed by atoms with Gasteiger partial charge in [0.2, 0.25) is 5.91 Å². The van der Waals surface area contributed by atoms with Crippen molar-refractivity contribution in [3.05, 3.63) is 29.8 Å². The minimum absolute atomic E-state index is 0.0133. The normalized spacial score (nSPS) is 16.9. The summed E-state index contributed by atoms with van der Waals surface area (Å²) in [6.07, 6.45) is 0.984. The predicted molar refractivity (Wildman–Crippen MR) is 68.9 cm³/mol. The molecule has 2 N–H and O–H groups in total. The van der Waals surface area contributed by atoms with Crippen LogP contribution in [0.15, 0.2) is 18.2 Å². The first-order valence-electron chi connectivity index (χ1n) is 6.33. The fourth-order valence-electron chi connectivity index (χ4n) is 2.04. The fourth-order valence-corrected chi connectivity index (χ4v) is 2.04. The summed E-state index contributed by atoms with van der Waals surface area (Å²) in [4.78, 5) is 13.8. The molecule has 1 saturated heterocycles. The van der Waals surface area contributed by atoms with E-state index in [2.05, 4.69) is 10.6 Å². The Hall–Kier alpha value is -1.53. The average molecular weight is 269 g/mol. The van der Waals surface area contributed by atoms with Crippen LogP contribution in [0.2, 0.25) is 0 Å². The third kappa shape index (κ3) is 4.25. The second-order valence-corrected chi connectivity index (χ2v) is 4.55. The number of amides is 1. The van der Waals surface area contributed by atoms with Gasteiger partial charge in [0.1, 0.15) is 11.6 Å². The number of rotatable bonds is 3. The Balaban J connectivity index is 1.89. The highest BCUT2D eigenvalue weighted by molar-refractivity contribution is 5.92. The molecule has 104 valence electrons. The first-order chi connectivity index (χ1) is 9.15. The maximum Gasteiger partial charge on any atom is 0.238 e. The van der Waals surface area contributed by atoms with Gasteiger partial charge < -0.3 is 10.6 Å². The summed E-state index contributed by atoms with van der Waals surface area (Å²) in [6.45, 7) is 3.65. The van der Waals surface area contributed by atoms with E-state index in [1.165, 1.54) is 6.07 Å². The smallest absolute Gasteiger partial charge is 0.238 e. The molecule has 1 heterocycles. The van der Waals surface area contributed by atoms with Gasteiger partial charge in [-0.05, 0) is 31.6 Å². The second-order valence-electron chi connectivity index (χ2n) is 4.55. The van der Waals surface area contributed by atoms with Crippen LogP contribution in [0.5, 0.6) is 0 Å². The largest absolute Gasteiger partial charge is 0.322 e. The van der Waals surface area contributed by atoms with Gasteiger partial charge in [0.25, 0.3) is 0 Å². The van der Waals surface area contributed by atoms with Gasteiger partial charge in [0.05, 0.1) is 12.2 Å². The first kappa shape index (κ1) is 13.9. The van der Waals surface area contributed by atoms with Crippen molar-refractivity contribution in [1.82, 2.24) is 10.2 Å². The van der Waals surface area contributed by atoms with Gasteiger partial charge in [-0.2, -0.15) is 0 Å². The molecule has 1 aliphatic heterocycles. The molecule has 0 aliphatic carbocycles. The Kier molecular flexibility index (Phi) is 4.81. The fraction of sp³-hybridized carbons (Fsp3) is 0.462. The van der Waals surface area contributed by atoms with E-state index in [1.54, 1.807) is 0 Å². The van der Waals surface area contributed by atoms with Gasteiger partial charge in [-0.15, -0.1) is 0 Å². The molecule has 0 atom stereocenters. The summed E-state index contributed by atoms with van der Waals surface area (Å²) >= 11 is 0. The molecule has 0 aromatic heterocycles. The van der Waals surface area contributed by atoms with E-state index in [4.69, 9.17) is 0 Å². The lowest BCUT2D eigenvalue weighted by Gasteiger charge is -2.18. The molecule has 1 aromatic rings. The zero-order valence-electron chi connectivity index (χ0n) is 10.6. The molecule has 0 spiro atoms. The molecule has 6 heteroatoms. The number of hydrogen-bond donors (Lipinski definition) is 2. The standard InChI is InChI=1S/C13H17F2N3O/c14-10-2-3-12(11(15)8-10)17-13(19)9-18-6-1-4-16-5-7-18/h2-3,8,16H,1,4-7,9H2,(H,17,19). The molecule has 0 unspecified atom stereocenters. The van der Waals surface area contributed by atoms with Gasteiger partial charge in [-0.3, -0.25) is 9.69 Å². The van der Waals surface area contributed by atoms with Crippen LogP contribution in [-0.2, 0) is 4.79 Å². The summed E-state index contributed by atoms with van der Waals surface area (Å²) in [5, 5.41) is 5.70. The van der Waals surface area contributed by atoms with Crippen molar-refractivity contribution in [2.75, 3.05) is 38.0 Å². The lowest BCUT2D eigenvalue weighted by Crippen LogP contribution is -2.35. The highest BCUT2D eigenvalue weighted by Gasteiger charge is 2.14. The van der Waals surface area contributed by atoms with E-state index in [-0.39, 0.29) is 18.1 Å². The molecule has 0 bridgehead atoms. The summed E-state index contributed by atoms with van der Waals surface area (Å²) in [6, 6.07) is 3.10. The number of carbonyl (C=O) groups excluding carboxylic acids is 1. The molecule has 0 radical (unpaired) electrons. The lowest BCUT2D eigenvalue weighted by atomic mass is 10.3. The molecule has 1 aliphatic rings. The van der Waals surface area contributed by atoms with E-state index >= 15 is 0 Å². The van der Waals surface area contributed by atoms with E-state index in [0.717, 1.165) is 44.7 Å². The number of nitrogens with zero attached hydrogens (tertiary/aromatic N) is 1. The Morgan fingerprint density at radius 2 is 2.16 bits per heavy atom. The van der Waals surface area contributed by atoms with Crippen molar-refractivity contribution in [1.29, 1.82) is 0 Å². The minimum Gasteiger partial charge on any atom is -0.322 e. The molecular formula is C13H17F2N3O. The van der Waals surface area contributed by atoms with Crippen molar-refractivity contribution in [3.8, 4) is 0 Å². The van der Waals surface area contributed by atoms with E-state index in [9.17, 15) is 13.6 Å². The summed E-state index contributed by atoms with van der Waals surface area (Å²) < 4.78 is 26.1.